The third-order valence-corrected chi connectivity index (χ3v) is 3.98. The molecular formula is C18H42N2. The lowest BCUT2D eigenvalue weighted by molar-refractivity contribution is 0.255. The fourth-order valence-electron chi connectivity index (χ4n) is 2.62. The summed E-state index contributed by atoms with van der Waals surface area (Å²) in [6, 6.07) is 0. The second-order valence-electron chi connectivity index (χ2n) is 6.02. The van der Waals surface area contributed by atoms with E-state index in [2.05, 4.69) is 25.7 Å². The molecule has 3 N–H and O–H groups in total. The van der Waals surface area contributed by atoms with Crippen LogP contribution in [0.25, 0.3) is 0 Å². The van der Waals surface area contributed by atoms with Gasteiger partial charge in [0.15, 0.2) is 0 Å². The Labute approximate surface area is 129 Å². The SMILES string of the molecule is CCCCCCN(CCCCCC)CCCCCC.N. The van der Waals surface area contributed by atoms with E-state index in [0.717, 1.165) is 0 Å². The lowest BCUT2D eigenvalue weighted by Crippen LogP contribution is -2.27. The third kappa shape index (κ3) is 16.0. The lowest BCUT2D eigenvalue weighted by Gasteiger charge is -2.22. The van der Waals surface area contributed by atoms with E-state index in [1.54, 1.807) is 0 Å². The number of hydrogen-bond acceptors (Lipinski definition) is 2. The molecule has 0 unspecified atom stereocenters. The molecule has 20 heavy (non-hydrogen) atoms. The Bertz CT molecular complexity index is 131. The van der Waals surface area contributed by atoms with Crippen LogP contribution in [0.5, 0.6) is 0 Å². The van der Waals surface area contributed by atoms with Crippen LogP contribution in [0, 0.1) is 0 Å². The molecule has 0 amide bonds. The van der Waals surface area contributed by atoms with Crippen LogP contribution in [0.3, 0.4) is 0 Å². The van der Waals surface area contributed by atoms with Gasteiger partial charge >= 0.3 is 0 Å². The molecule has 0 fully saturated rings. The summed E-state index contributed by atoms with van der Waals surface area (Å²) >= 11 is 0. The Balaban J connectivity index is 0. The van der Waals surface area contributed by atoms with Crippen LogP contribution in [0.2, 0.25) is 0 Å². The summed E-state index contributed by atoms with van der Waals surface area (Å²) in [5, 5.41) is 0. The van der Waals surface area contributed by atoms with Gasteiger partial charge in [0.2, 0.25) is 0 Å². The van der Waals surface area contributed by atoms with Gasteiger partial charge in [-0.25, -0.2) is 0 Å². The van der Waals surface area contributed by atoms with Gasteiger partial charge in [0.25, 0.3) is 0 Å². The zero-order chi connectivity index (χ0) is 14.2. The van der Waals surface area contributed by atoms with Crippen molar-refractivity contribution >= 4 is 0 Å². The quantitative estimate of drug-likeness (QED) is 0.364. The molecule has 0 heterocycles. The van der Waals surface area contributed by atoms with E-state index in [-0.39, 0.29) is 6.15 Å². The Morgan fingerprint density at radius 3 is 1.00 bits per heavy atom. The van der Waals surface area contributed by atoms with Crippen molar-refractivity contribution in [2.45, 2.75) is 97.8 Å². The zero-order valence-corrected chi connectivity index (χ0v) is 14.8. The normalized spacial score (nSPS) is 10.8. The van der Waals surface area contributed by atoms with E-state index in [1.807, 2.05) is 0 Å². The molecule has 0 aromatic carbocycles. The van der Waals surface area contributed by atoms with Crippen molar-refractivity contribution < 1.29 is 0 Å². The second-order valence-corrected chi connectivity index (χ2v) is 6.02. The first-order valence-corrected chi connectivity index (χ1v) is 9.07. The molecule has 0 aliphatic carbocycles. The van der Waals surface area contributed by atoms with Crippen molar-refractivity contribution in [2.75, 3.05) is 19.6 Å². The predicted molar refractivity (Wildman–Crippen MR) is 93.9 cm³/mol. The highest BCUT2D eigenvalue weighted by molar-refractivity contribution is 4.59. The molecule has 0 rings (SSSR count). The molecule has 0 spiro atoms. The fourth-order valence-corrected chi connectivity index (χ4v) is 2.62. The third-order valence-electron chi connectivity index (χ3n) is 3.98. The number of hydrogen-bond donors (Lipinski definition) is 1. The number of nitrogens with zero attached hydrogens (tertiary/aromatic N) is 1. The van der Waals surface area contributed by atoms with Crippen LogP contribution in [0.4, 0.5) is 0 Å². The minimum Gasteiger partial charge on any atom is -0.344 e. The Morgan fingerprint density at radius 2 is 0.750 bits per heavy atom. The van der Waals surface area contributed by atoms with Crippen LogP contribution < -0.4 is 6.15 Å². The summed E-state index contributed by atoms with van der Waals surface area (Å²) in [6.07, 6.45) is 16.8. The second kappa shape index (κ2) is 18.9. The molecule has 124 valence electrons. The summed E-state index contributed by atoms with van der Waals surface area (Å²) in [5.74, 6) is 0. The topological polar surface area (TPSA) is 38.2 Å². The van der Waals surface area contributed by atoms with Gasteiger partial charge < -0.3 is 11.1 Å². The maximum Gasteiger partial charge on any atom is -0.00187 e. The average Bonchev–Trinajstić information content (AvgIpc) is 2.43. The molecule has 0 saturated carbocycles. The highest BCUT2D eigenvalue weighted by atomic mass is 15.1. The van der Waals surface area contributed by atoms with Crippen LogP contribution in [0.15, 0.2) is 0 Å². The van der Waals surface area contributed by atoms with Crippen molar-refractivity contribution in [1.82, 2.24) is 11.1 Å². The maximum absolute atomic E-state index is 2.74. The average molecular weight is 287 g/mol. The Hall–Kier alpha value is -0.0800. The van der Waals surface area contributed by atoms with Crippen molar-refractivity contribution in [3.63, 3.8) is 0 Å². The van der Waals surface area contributed by atoms with Crippen LogP contribution >= 0.6 is 0 Å². The zero-order valence-electron chi connectivity index (χ0n) is 14.8. The molecule has 0 aliphatic rings. The molecular weight excluding hydrogens is 244 g/mol. The van der Waals surface area contributed by atoms with Crippen LogP contribution in [-0.4, -0.2) is 24.5 Å². The van der Waals surface area contributed by atoms with E-state index in [1.165, 1.54) is 96.7 Å². The molecule has 0 radical (unpaired) electrons. The van der Waals surface area contributed by atoms with Crippen LogP contribution in [-0.2, 0) is 0 Å². The molecule has 0 aliphatic heterocycles. The van der Waals surface area contributed by atoms with Gasteiger partial charge in [-0.3, -0.25) is 0 Å². The first-order chi connectivity index (χ1) is 9.35. The van der Waals surface area contributed by atoms with Crippen LogP contribution in [0.1, 0.15) is 97.8 Å². The van der Waals surface area contributed by atoms with E-state index in [0.29, 0.717) is 0 Å². The number of rotatable bonds is 15. The largest absolute Gasteiger partial charge is 0.344 e. The Morgan fingerprint density at radius 1 is 0.450 bits per heavy atom. The fraction of sp³-hybridized carbons (Fsp3) is 1.00. The molecule has 2 nitrogen and oxygen atoms in total. The molecule has 0 atom stereocenters. The molecule has 0 bridgehead atoms. The van der Waals surface area contributed by atoms with Gasteiger partial charge in [-0.05, 0) is 38.9 Å². The molecule has 0 aromatic heterocycles. The van der Waals surface area contributed by atoms with E-state index in [4.69, 9.17) is 0 Å². The summed E-state index contributed by atoms with van der Waals surface area (Å²) in [7, 11) is 0. The standard InChI is InChI=1S/C18H39N.H3N/c1-4-7-10-13-16-19(17-14-11-8-5-2)18-15-12-9-6-3;/h4-18H2,1-3H3;1H3. The molecule has 2 heteroatoms. The van der Waals surface area contributed by atoms with E-state index < -0.39 is 0 Å². The van der Waals surface area contributed by atoms with Crippen molar-refractivity contribution in [1.29, 1.82) is 0 Å². The molecule has 0 aromatic rings. The molecule has 0 saturated heterocycles. The number of unbranched alkanes of at least 4 members (excludes halogenated alkanes) is 9. The first-order valence-electron chi connectivity index (χ1n) is 9.07. The monoisotopic (exact) mass is 286 g/mol. The smallest absolute Gasteiger partial charge is 0.00187 e. The maximum atomic E-state index is 2.74. The first kappa shape index (κ1) is 22.2. The van der Waals surface area contributed by atoms with E-state index in [9.17, 15) is 0 Å². The minimum absolute atomic E-state index is 0. The van der Waals surface area contributed by atoms with Crippen molar-refractivity contribution in [2.24, 2.45) is 0 Å². The summed E-state index contributed by atoms with van der Waals surface area (Å²) in [4.78, 5) is 2.74. The lowest BCUT2D eigenvalue weighted by atomic mass is 10.1. The highest BCUT2D eigenvalue weighted by Crippen LogP contribution is 2.08. The van der Waals surface area contributed by atoms with Gasteiger partial charge in [0.1, 0.15) is 0 Å². The van der Waals surface area contributed by atoms with Gasteiger partial charge in [-0.1, -0.05) is 78.6 Å². The van der Waals surface area contributed by atoms with Gasteiger partial charge in [0, 0.05) is 0 Å². The van der Waals surface area contributed by atoms with Gasteiger partial charge in [-0.2, -0.15) is 0 Å². The predicted octanol–water partition coefficient (Wildman–Crippen LogP) is 6.19. The van der Waals surface area contributed by atoms with Gasteiger partial charge in [0.05, 0.1) is 0 Å². The van der Waals surface area contributed by atoms with Crippen molar-refractivity contribution in [3.8, 4) is 0 Å². The summed E-state index contributed by atoms with van der Waals surface area (Å²) in [5.41, 5.74) is 0. The van der Waals surface area contributed by atoms with Gasteiger partial charge in [-0.15, -0.1) is 0 Å². The minimum atomic E-state index is 0. The van der Waals surface area contributed by atoms with E-state index >= 15 is 0 Å². The van der Waals surface area contributed by atoms with Crippen molar-refractivity contribution in [3.05, 3.63) is 0 Å². The highest BCUT2D eigenvalue weighted by Gasteiger charge is 2.04. The summed E-state index contributed by atoms with van der Waals surface area (Å²) in [6.45, 7) is 10.9. The Kier molecular flexibility index (Phi) is 21.0. The summed E-state index contributed by atoms with van der Waals surface area (Å²) < 4.78 is 0.